The smallest absolute Gasteiger partial charge is 0.246 e. The van der Waals surface area contributed by atoms with Crippen LogP contribution in [-0.4, -0.2) is 35.8 Å². The summed E-state index contributed by atoms with van der Waals surface area (Å²) in [4.78, 5) is 18.7. The van der Waals surface area contributed by atoms with Crippen molar-refractivity contribution in [2.45, 2.75) is 33.7 Å². The minimum Gasteiger partial charge on any atom is -0.347 e. The summed E-state index contributed by atoms with van der Waals surface area (Å²) in [6.07, 6.45) is 0. The molecular formula is C15H21N3O. The van der Waals surface area contributed by atoms with E-state index in [1.54, 1.807) is 0 Å². The van der Waals surface area contributed by atoms with Gasteiger partial charge in [0.05, 0.1) is 12.4 Å². The first-order valence-corrected chi connectivity index (χ1v) is 6.65. The van der Waals surface area contributed by atoms with Crippen molar-refractivity contribution in [1.82, 2.24) is 4.90 Å². The van der Waals surface area contributed by atoms with Crippen molar-refractivity contribution in [3.63, 3.8) is 0 Å². The Kier molecular flexibility index (Phi) is 3.88. The molecule has 1 N–H and O–H groups in total. The third-order valence-corrected chi connectivity index (χ3v) is 3.67. The lowest BCUT2D eigenvalue weighted by Gasteiger charge is -2.26. The van der Waals surface area contributed by atoms with Gasteiger partial charge < -0.3 is 10.2 Å². The zero-order chi connectivity index (χ0) is 14.0. The fourth-order valence-corrected chi connectivity index (χ4v) is 2.43. The van der Waals surface area contributed by atoms with Crippen molar-refractivity contribution in [3.8, 4) is 0 Å². The lowest BCUT2D eigenvalue weighted by molar-refractivity contribution is -0.119. The van der Waals surface area contributed by atoms with E-state index in [2.05, 4.69) is 10.3 Å². The zero-order valence-electron chi connectivity index (χ0n) is 12.0. The molecule has 4 heteroatoms. The highest BCUT2D eigenvalue weighted by Gasteiger charge is 2.25. The number of aliphatic imine (C=N–C) groups is 1. The van der Waals surface area contributed by atoms with E-state index in [0.717, 1.165) is 35.7 Å². The third-order valence-electron chi connectivity index (χ3n) is 3.67. The van der Waals surface area contributed by atoms with E-state index in [1.165, 1.54) is 0 Å². The molecule has 4 nitrogen and oxygen atoms in total. The number of hydrogen-bond donors (Lipinski definition) is 1. The highest BCUT2D eigenvalue weighted by Crippen LogP contribution is 2.20. The number of amidine groups is 1. The van der Waals surface area contributed by atoms with E-state index in [4.69, 9.17) is 0 Å². The van der Waals surface area contributed by atoms with Gasteiger partial charge >= 0.3 is 0 Å². The lowest BCUT2D eigenvalue weighted by Crippen LogP contribution is -2.43. The summed E-state index contributed by atoms with van der Waals surface area (Å²) in [7, 11) is 0. The Morgan fingerprint density at radius 3 is 2.47 bits per heavy atom. The van der Waals surface area contributed by atoms with E-state index in [1.807, 2.05) is 50.8 Å². The standard InChI is InChI=1S/C15H21N3O/c1-10-6-5-7-11(2)14(10)17-15(19)12(3)18-9-8-16-13(18)4/h5-7,12H,8-9H2,1-4H3,(H,17,19). The second kappa shape index (κ2) is 5.43. The number of hydrogen-bond acceptors (Lipinski definition) is 3. The Morgan fingerprint density at radius 1 is 1.32 bits per heavy atom. The molecule has 1 aromatic rings. The number of anilines is 1. The molecule has 0 fully saturated rings. The average Bonchev–Trinajstić information content (AvgIpc) is 2.79. The van der Waals surface area contributed by atoms with Crippen LogP contribution in [0.2, 0.25) is 0 Å². The van der Waals surface area contributed by atoms with Crippen LogP contribution in [0.4, 0.5) is 5.69 Å². The summed E-state index contributed by atoms with van der Waals surface area (Å²) < 4.78 is 0. The van der Waals surface area contributed by atoms with Gasteiger partial charge in [0, 0.05) is 12.2 Å². The number of para-hydroxylation sites is 1. The lowest BCUT2D eigenvalue weighted by atomic mass is 10.1. The first-order valence-electron chi connectivity index (χ1n) is 6.65. The van der Waals surface area contributed by atoms with E-state index < -0.39 is 0 Å². The number of rotatable bonds is 3. The summed E-state index contributed by atoms with van der Waals surface area (Å²) in [6.45, 7) is 9.51. The monoisotopic (exact) mass is 259 g/mol. The van der Waals surface area contributed by atoms with Gasteiger partial charge in [-0.15, -0.1) is 0 Å². The van der Waals surface area contributed by atoms with Crippen LogP contribution in [0.15, 0.2) is 23.2 Å². The van der Waals surface area contributed by atoms with Crippen molar-refractivity contribution in [1.29, 1.82) is 0 Å². The van der Waals surface area contributed by atoms with Crippen molar-refractivity contribution in [2.75, 3.05) is 18.4 Å². The molecular weight excluding hydrogens is 238 g/mol. The second-order valence-electron chi connectivity index (χ2n) is 5.05. The molecule has 19 heavy (non-hydrogen) atoms. The fourth-order valence-electron chi connectivity index (χ4n) is 2.43. The normalized spacial score (nSPS) is 16.2. The van der Waals surface area contributed by atoms with Crippen LogP contribution in [0.5, 0.6) is 0 Å². The molecule has 1 atom stereocenters. The molecule has 102 valence electrons. The Morgan fingerprint density at radius 2 is 1.95 bits per heavy atom. The number of carbonyl (C=O) groups excluding carboxylic acids is 1. The number of benzene rings is 1. The molecule has 2 rings (SSSR count). The molecule has 1 amide bonds. The van der Waals surface area contributed by atoms with Gasteiger partial charge in [-0.2, -0.15) is 0 Å². The minimum absolute atomic E-state index is 0.0221. The van der Waals surface area contributed by atoms with Crippen LogP contribution >= 0.6 is 0 Å². The molecule has 0 aromatic heterocycles. The van der Waals surface area contributed by atoms with Crippen LogP contribution in [0.25, 0.3) is 0 Å². The summed E-state index contributed by atoms with van der Waals surface area (Å²) in [5.74, 6) is 0.970. The molecule has 1 aromatic carbocycles. The highest BCUT2D eigenvalue weighted by molar-refractivity contribution is 5.98. The van der Waals surface area contributed by atoms with Crippen molar-refractivity contribution < 1.29 is 4.79 Å². The Bertz CT molecular complexity index is 502. The largest absolute Gasteiger partial charge is 0.347 e. The van der Waals surface area contributed by atoms with Gasteiger partial charge in [0.2, 0.25) is 5.91 Å². The van der Waals surface area contributed by atoms with Gasteiger partial charge in [-0.25, -0.2) is 0 Å². The fraction of sp³-hybridized carbons (Fsp3) is 0.467. The number of aryl methyl sites for hydroxylation is 2. The summed E-state index contributed by atoms with van der Waals surface area (Å²) in [5, 5.41) is 3.04. The maximum absolute atomic E-state index is 12.3. The number of amides is 1. The molecule has 0 spiro atoms. The SMILES string of the molecule is CC1=NCCN1C(C)C(=O)Nc1c(C)cccc1C. The molecule has 1 heterocycles. The number of nitrogens with one attached hydrogen (secondary N) is 1. The maximum Gasteiger partial charge on any atom is 0.246 e. The van der Waals surface area contributed by atoms with Crippen LogP contribution in [0, 0.1) is 13.8 Å². The van der Waals surface area contributed by atoms with Crippen molar-refractivity contribution >= 4 is 17.4 Å². The van der Waals surface area contributed by atoms with Gasteiger partial charge in [-0.05, 0) is 38.8 Å². The second-order valence-corrected chi connectivity index (χ2v) is 5.05. The minimum atomic E-state index is -0.190. The van der Waals surface area contributed by atoms with E-state index >= 15 is 0 Å². The van der Waals surface area contributed by atoms with Crippen LogP contribution in [0.1, 0.15) is 25.0 Å². The molecule has 0 radical (unpaired) electrons. The van der Waals surface area contributed by atoms with Gasteiger partial charge in [-0.3, -0.25) is 9.79 Å². The maximum atomic E-state index is 12.3. The zero-order valence-corrected chi connectivity index (χ0v) is 12.0. The van der Waals surface area contributed by atoms with Gasteiger partial charge in [0.1, 0.15) is 6.04 Å². The predicted octanol–water partition coefficient (Wildman–Crippen LogP) is 2.36. The molecule has 0 aliphatic carbocycles. The number of nitrogens with zero attached hydrogens (tertiary/aromatic N) is 2. The molecule has 0 saturated carbocycles. The Hall–Kier alpha value is -1.84. The van der Waals surface area contributed by atoms with E-state index in [9.17, 15) is 4.79 Å². The van der Waals surface area contributed by atoms with Gasteiger partial charge in [0.15, 0.2) is 0 Å². The van der Waals surface area contributed by atoms with Crippen molar-refractivity contribution in [2.24, 2.45) is 4.99 Å². The first kappa shape index (κ1) is 13.6. The molecule has 1 aliphatic heterocycles. The summed E-state index contributed by atoms with van der Waals surface area (Å²) in [6, 6.07) is 5.83. The molecule has 0 bridgehead atoms. The predicted molar refractivity (Wildman–Crippen MR) is 78.7 cm³/mol. The molecule has 0 saturated heterocycles. The summed E-state index contributed by atoms with van der Waals surface area (Å²) in [5.41, 5.74) is 3.10. The van der Waals surface area contributed by atoms with Crippen LogP contribution < -0.4 is 5.32 Å². The van der Waals surface area contributed by atoms with E-state index in [-0.39, 0.29) is 11.9 Å². The molecule has 1 aliphatic rings. The first-order chi connectivity index (χ1) is 9.00. The Balaban J connectivity index is 2.11. The van der Waals surface area contributed by atoms with Gasteiger partial charge in [0.25, 0.3) is 0 Å². The highest BCUT2D eigenvalue weighted by atomic mass is 16.2. The average molecular weight is 259 g/mol. The number of carbonyl (C=O) groups is 1. The third kappa shape index (κ3) is 2.78. The quantitative estimate of drug-likeness (QED) is 0.905. The van der Waals surface area contributed by atoms with Crippen LogP contribution in [-0.2, 0) is 4.79 Å². The topological polar surface area (TPSA) is 44.7 Å². The summed E-state index contributed by atoms with van der Waals surface area (Å²) >= 11 is 0. The molecule has 1 unspecified atom stereocenters. The van der Waals surface area contributed by atoms with Gasteiger partial charge in [-0.1, -0.05) is 18.2 Å². The van der Waals surface area contributed by atoms with Crippen LogP contribution in [0.3, 0.4) is 0 Å². The van der Waals surface area contributed by atoms with E-state index in [0.29, 0.717) is 0 Å². The Labute approximate surface area is 114 Å². The van der Waals surface area contributed by atoms with Crippen molar-refractivity contribution in [3.05, 3.63) is 29.3 Å².